The molecule has 2 fully saturated rings. The van der Waals surface area contributed by atoms with Crippen molar-refractivity contribution in [1.82, 2.24) is 10.2 Å². The van der Waals surface area contributed by atoms with Crippen LogP contribution >= 0.6 is 12.4 Å². The van der Waals surface area contributed by atoms with Crippen molar-refractivity contribution in [3.8, 4) is 11.5 Å². The molecule has 1 N–H and O–H groups in total. The number of hydrogen-bond acceptors (Lipinski definition) is 5. The molecule has 2 atom stereocenters. The Morgan fingerprint density at radius 2 is 2.17 bits per heavy atom. The van der Waals surface area contributed by atoms with Gasteiger partial charge in [0.15, 0.2) is 11.5 Å². The molecular weight excluding hydrogens is 332 g/mol. The number of benzene rings is 1. The van der Waals surface area contributed by atoms with Crippen LogP contribution in [0.15, 0.2) is 18.2 Å². The van der Waals surface area contributed by atoms with E-state index in [1.165, 1.54) is 0 Å². The molecule has 0 radical (unpaired) electrons. The van der Waals surface area contributed by atoms with Crippen LogP contribution in [0.2, 0.25) is 0 Å². The molecule has 4 rings (SSSR count). The van der Waals surface area contributed by atoms with Crippen molar-refractivity contribution in [2.75, 3.05) is 33.1 Å². The third-order valence-electron chi connectivity index (χ3n) is 4.77. The highest BCUT2D eigenvalue weighted by molar-refractivity contribution is 5.85. The Bertz CT molecular complexity index is 592. The Kier molecular flexibility index (Phi) is 5.48. The highest BCUT2D eigenvalue weighted by atomic mass is 35.5. The van der Waals surface area contributed by atoms with Gasteiger partial charge in [0, 0.05) is 25.6 Å². The molecular formula is C17H23ClN2O4. The lowest BCUT2D eigenvalue weighted by Gasteiger charge is -2.29. The first kappa shape index (κ1) is 17.3. The molecule has 3 aliphatic rings. The number of halogens is 1. The predicted octanol–water partition coefficient (Wildman–Crippen LogP) is 1.88. The molecule has 3 heterocycles. The quantitative estimate of drug-likeness (QED) is 0.898. The summed E-state index contributed by atoms with van der Waals surface area (Å²) in [6, 6.07) is 6.28. The smallest absolute Gasteiger partial charge is 0.231 e. The van der Waals surface area contributed by atoms with Gasteiger partial charge in [-0.2, -0.15) is 0 Å². The van der Waals surface area contributed by atoms with E-state index in [9.17, 15) is 4.79 Å². The Morgan fingerprint density at radius 3 is 3.00 bits per heavy atom. The van der Waals surface area contributed by atoms with E-state index >= 15 is 0 Å². The number of amides is 1. The van der Waals surface area contributed by atoms with E-state index in [1.807, 2.05) is 23.1 Å². The first-order valence-electron chi connectivity index (χ1n) is 8.31. The Balaban J connectivity index is 0.00000169. The van der Waals surface area contributed by atoms with Gasteiger partial charge in [0.1, 0.15) is 0 Å². The van der Waals surface area contributed by atoms with Gasteiger partial charge in [-0.05, 0) is 30.5 Å². The highest BCUT2D eigenvalue weighted by Gasteiger charge is 2.32. The molecule has 2 unspecified atom stereocenters. The van der Waals surface area contributed by atoms with Crippen LogP contribution in [0.4, 0.5) is 0 Å². The van der Waals surface area contributed by atoms with Crippen LogP contribution in [-0.4, -0.2) is 49.9 Å². The van der Waals surface area contributed by atoms with Gasteiger partial charge in [-0.25, -0.2) is 0 Å². The summed E-state index contributed by atoms with van der Waals surface area (Å²) in [6.07, 6.45) is 2.54. The van der Waals surface area contributed by atoms with Crippen LogP contribution in [0.5, 0.6) is 11.5 Å². The molecule has 3 aliphatic heterocycles. The highest BCUT2D eigenvalue weighted by Crippen LogP contribution is 2.39. The van der Waals surface area contributed by atoms with E-state index < -0.39 is 0 Å². The Hall–Kier alpha value is -1.50. The van der Waals surface area contributed by atoms with Gasteiger partial charge in [0.25, 0.3) is 0 Å². The van der Waals surface area contributed by atoms with Crippen molar-refractivity contribution in [2.45, 2.75) is 31.3 Å². The molecule has 1 aromatic rings. The van der Waals surface area contributed by atoms with Gasteiger partial charge in [0.05, 0.1) is 19.3 Å². The van der Waals surface area contributed by atoms with E-state index in [2.05, 4.69) is 5.32 Å². The van der Waals surface area contributed by atoms with E-state index in [4.69, 9.17) is 14.2 Å². The average Bonchev–Trinajstić information content (AvgIpc) is 3.24. The second-order valence-electron chi connectivity index (χ2n) is 6.29. The summed E-state index contributed by atoms with van der Waals surface area (Å²) >= 11 is 0. The standard InChI is InChI=1S/C17H22N2O4.ClH/c20-17(9-13-10-21-7-5-18-13)19-6-1-2-14(19)12-3-4-15-16(8-12)23-11-22-15;/h3-4,8,13-14,18H,1-2,5-7,9-11H2;1H. The zero-order valence-electron chi connectivity index (χ0n) is 13.5. The third-order valence-corrected chi connectivity index (χ3v) is 4.77. The summed E-state index contributed by atoms with van der Waals surface area (Å²) in [5, 5.41) is 3.35. The van der Waals surface area contributed by atoms with Crippen LogP contribution in [0, 0.1) is 0 Å². The Labute approximate surface area is 147 Å². The molecule has 0 aromatic heterocycles. The maximum atomic E-state index is 12.7. The fourth-order valence-electron chi connectivity index (χ4n) is 3.61. The zero-order valence-corrected chi connectivity index (χ0v) is 14.3. The summed E-state index contributed by atoms with van der Waals surface area (Å²) < 4.78 is 16.3. The largest absolute Gasteiger partial charge is 0.454 e. The van der Waals surface area contributed by atoms with E-state index in [0.29, 0.717) is 13.0 Å². The maximum absolute atomic E-state index is 12.7. The number of ether oxygens (including phenoxy) is 3. The van der Waals surface area contributed by atoms with E-state index in [1.54, 1.807) is 0 Å². The van der Waals surface area contributed by atoms with Gasteiger partial charge in [-0.3, -0.25) is 4.79 Å². The summed E-state index contributed by atoms with van der Waals surface area (Å²) in [5.41, 5.74) is 1.13. The van der Waals surface area contributed by atoms with Gasteiger partial charge >= 0.3 is 0 Å². The van der Waals surface area contributed by atoms with Crippen molar-refractivity contribution >= 4 is 18.3 Å². The lowest BCUT2D eigenvalue weighted by molar-refractivity contribution is -0.133. The topological polar surface area (TPSA) is 60.0 Å². The average molecular weight is 355 g/mol. The van der Waals surface area contributed by atoms with Crippen molar-refractivity contribution in [3.05, 3.63) is 23.8 Å². The molecule has 0 spiro atoms. The number of nitrogens with one attached hydrogen (secondary N) is 1. The fourth-order valence-corrected chi connectivity index (χ4v) is 3.61. The Morgan fingerprint density at radius 1 is 1.29 bits per heavy atom. The van der Waals surface area contributed by atoms with Crippen molar-refractivity contribution in [2.24, 2.45) is 0 Å². The van der Waals surface area contributed by atoms with Gasteiger partial charge in [-0.1, -0.05) is 6.07 Å². The summed E-state index contributed by atoms with van der Waals surface area (Å²) in [4.78, 5) is 14.7. The molecule has 0 aliphatic carbocycles. The van der Waals surface area contributed by atoms with Gasteiger partial charge in [0.2, 0.25) is 12.7 Å². The van der Waals surface area contributed by atoms with Crippen LogP contribution < -0.4 is 14.8 Å². The number of hydrogen-bond donors (Lipinski definition) is 1. The normalized spacial score (nSPS) is 25.4. The molecule has 7 heteroatoms. The molecule has 24 heavy (non-hydrogen) atoms. The lowest BCUT2D eigenvalue weighted by Crippen LogP contribution is -2.45. The summed E-state index contributed by atoms with van der Waals surface area (Å²) in [7, 11) is 0. The second kappa shape index (κ2) is 7.59. The molecule has 1 amide bonds. The summed E-state index contributed by atoms with van der Waals surface area (Å²) in [6.45, 7) is 3.27. The van der Waals surface area contributed by atoms with Crippen molar-refractivity contribution in [1.29, 1.82) is 0 Å². The van der Waals surface area contributed by atoms with Crippen LogP contribution in [0.1, 0.15) is 30.9 Å². The maximum Gasteiger partial charge on any atom is 0.231 e. The van der Waals surface area contributed by atoms with Crippen LogP contribution in [-0.2, 0) is 9.53 Å². The number of carbonyl (C=O) groups is 1. The summed E-state index contributed by atoms with van der Waals surface area (Å²) in [5.74, 6) is 1.77. The number of carbonyl (C=O) groups excluding carboxylic acids is 1. The minimum Gasteiger partial charge on any atom is -0.454 e. The van der Waals surface area contributed by atoms with Crippen molar-refractivity contribution < 1.29 is 19.0 Å². The van der Waals surface area contributed by atoms with E-state index in [-0.39, 0.29) is 37.2 Å². The first-order valence-corrected chi connectivity index (χ1v) is 8.31. The molecule has 0 bridgehead atoms. The third kappa shape index (κ3) is 3.45. The number of morpholine rings is 1. The SMILES string of the molecule is Cl.O=C(CC1COCCN1)N1CCCC1c1ccc2c(c1)OCO2. The monoisotopic (exact) mass is 354 g/mol. The number of nitrogens with zero attached hydrogens (tertiary/aromatic N) is 1. The molecule has 6 nitrogen and oxygen atoms in total. The predicted molar refractivity (Wildman–Crippen MR) is 90.7 cm³/mol. The lowest BCUT2D eigenvalue weighted by atomic mass is 10.0. The second-order valence-corrected chi connectivity index (χ2v) is 6.29. The molecule has 0 saturated carbocycles. The van der Waals surface area contributed by atoms with E-state index in [0.717, 1.165) is 49.6 Å². The van der Waals surface area contributed by atoms with Crippen LogP contribution in [0.3, 0.4) is 0 Å². The minimum absolute atomic E-state index is 0. The number of likely N-dealkylation sites (tertiary alicyclic amines) is 1. The zero-order chi connectivity index (χ0) is 15.6. The molecule has 1 aromatic carbocycles. The minimum atomic E-state index is 0. The molecule has 132 valence electrons. The van der Waals surface area contributed by atoms with Crippen molar-refractivity contribution in [3.63, 3.8) is 0 Å². The number of rotatable bonds is 3. The van der Waals surface area contributed by atoms with Gasteiger partial charge < -0.3 is 24.4 Å². The van der Waals surface area contributed by atoms with Gasteiger partial charge in [-0.15, -0.1) is 12.4 Å². The van der Waals surface area contributed by atoms with Crippen LogP contribution in [0.25, 0.3) is 0 Å². The fraction of sp³-hybridized carbons (Fsp3) is 0.588. The first-order chi connectivity index (χ1) is 11.3. The number of fused-ring (bicyclic) bond motifs is 1. The molecule has 2 saturated heterocycles.